The molecule has 0 atom stereocenters. The van der Waals surface area contributed by atoms with Gasteiger partial charge < -0.3 is 15.7 Å². The molecule has 0 aliphatic heterocycles. The van der Waals surface area contributed by atoms with Crippen molar-refractivity contribution in [1.82, 2.24) is 10.6 Å². The van der Waals surface area contributed by atoms with Crippen molar-refractivity contribution in [3.05, 3.63) is 71.0 Å². The van der Waals surface area contributed by atoms with Crippen LogP contribution in [0.4, 0.5) is 9.18 Å². The Morgan fingerprint density at radius 2 is 1.65 bits per heavy atom. The zero-order chi connectivity index (χ0) is 16.3. The summed E-state index contributed by atoms with van der Waals surface area (Å²) in [6, 6.07) is 13.5. The topological polar surface area (TPSA) is 61.4 Å². The fourth-order valence-electron chi connectivity index (χ4n) is 2.89. The number of aliphatic hydroxyl groups is 1. The molecule has 0 unspecified atom stereocenters. The number of amides is 2. The van der Waals surface area contributed by atoms with Crippen LogP contribution in [0.1, 0.15) is 16.7 Å². The molecule has 0 bridgehead atoms. The van der Waals surface area contributed by atoms with Gasteiger partial charge in [0.05, 0.1) is 5.60 Å². The zero-order valence-electron chi connectivity index (χ0n) is 12.7. The van der Waals surface area contributed by atoms with Gasteiger partial charge in [0.25, 0.3) is 0 Å². The van der Waals surface area contributed by atoms with Crippen molar-refractivity contribution >= 4 is 6.03 Å². The van der Waals surface area contributed by atoms with E-state index in [0.717, 1.165) is 16.7 Å². The van der Waals surface area contributed by atoms with E-state index in [1.165, 1.54) is 12.1 Å². The van der Waals surface area contributed by atoms with Gasteiger partial charge in [0.15, 0.2) is 0 Å². The number of hydrogen-bond acceptors (Lipinski definition) is 2. The molecular formula is C18H19FN2O2. The number of carbonyl (C=O) groups excluding carboxylic acids is 1. The minimum Gasteiger partial charge on any atom is -0.387 e. The number of nitrogens with one attached hydrogen (secondary N) is 2. The Morgan fingerprint density at radius 1 is 1.04 bits per heavy atom. The predicted octanol–water partition coefficient (Wildman–Crippen LogP) is 2.15. The lowest BCUT2D eigenvalue weighted by Crippen LogP contribution is -2.46. The van der Waals surface area contributed by atoms with Gasteiger partial charge in [0.1, 0.15) is 5.82 Å². The summed E-state index contributed by atoms with van der Waals surface area (Å²) in [5.41, 5.74) is 2.14. The quantitative estimate of drug-likeness (QED) is 0.810. The maximum Gasteiger partial charge on any atom is 0.315 e. The van der Waals surface area contributed by atoms with Crippen LogP contribution in [0, 0.1) is 5.82 Å². The van der Waals surface area contributed by atoms with Crippen LogP contribution >= 0.6 is 0 Å². The lowest BCUT2D eigenvalue weighted by molar-refractivity contribution is 0.0536. The molecule has 120 valence electrons. The molecule has 2 amide bonds. The van der Waals surface area contributed by atoms with Crippen molar-refractivity contribution in [2.75, 3.05) is 6.54 Å². The van der Waals surface area contributed by atoms with Gasteiger partial charge in [-0.25, -0.2) is 9.18 Å². The number of hydrogen-bond donors (Lipinski definition) is 3. The highest BCUT2D eigenvalue weighted by Crippen LogP contribution is 2.29. The monoisotopic (exact) mass is 314 g/mol. The molecule has 0 saturated heterocycles. The van der Waals surface area contributed by atoms with Gasteiger partial charge in [-0.2, -0.15) is 0 Å². The zero-order valence-corrected chi connectivity index (χ0v) is 12.7. The number of rotatable bonds is 4. The normalized spacial score (nSPS) is 15.0. The second kappa shape index (κ2) is 6.38. The molecule has 0 radical (unpaired) electrons. The molecule has 2 aromatic carbocycles. The third kappa shape index (κ3) is 3.87. The van der Waals surface area contributed by atoms with E-state index in [2.05, 4.69) is 10.6 Å². The fourth-order valence-corrected chi connectivity index (χ4v) is 2.89. The summed E-state index contributed by atoms with van der Waals surface area (Å²) in [4.78, 5) is 11.8. The minimum absolute atomic E-state index is 0.191. The SMILES string of the molecule is O=C(NCc1ccc(F)cc1)NCC1(O)Cc2ccccc2C1. The van der Waals surface area contributed by atoms with Crippen LogP contribution in [0.2, 0.25) is 0 Å². The summed E-state index contributed by atoms with van der Waals surface area (Å²) in [6.07, 6.45) is 1.09. The molecular weight excluding hydrogens is 295 g/mol. The van der Waals surface area contributed by atoms with E-state index < -0.39 is 5.60 Å². The van der Waals surface area contributed by atoms with Crippen LogP contribution < -0.4 is 10.6 Å². The summed E-state index contributed by atoms with van der Waals surface area (Å²) in [7, 11) is 0. The average molecular weight is 314 g/mol. The molecule has 0 heterocycles. The first-order chi connectivity index (χ1) is 11.0. The second-order valence-corrected chi connectivity index (χ2v) is 6.01. The number of halogens is 1. The largest absolute Gasteiger partial charge is 0.387 e. The molecule has 4 nitrogen and oxygen atoms in total. The smallest absolute Gasteiger partial charge is 0.315 e. The lowest BCUT2D eigenvalue weighted by atomic mass is 10.0. The molecule has 0 saturated carbocycles. The fraction of sp³-hybridized carbons (Fsp3) is 0.278. The summed E-state index contributed by atoms with van der Waals surface area (Å²) in [5.74, 6) is -0.304. The number of urea groups is 1. The summed E-state index contributed by atoms with van der Waals surface area (Å²) >= 11 is 0. The highest BCUT2D eigenvalue weighted by atomic mass is 19.1. The first kappa shape index (κ1) is 15.5. The molecule has 1 aliphatic rings. The van der Waals surface area contributed by atoms with Gasteiger partial charge in [-0.1, -0.05) is 36.4 Å². The van der Waals surface area contributed by atoms with Crippen molar-refractivity contribution in [2.24, 2.45) is 0 Å². The molecule has 0 fully saturated rings. The standard InChI is InChI=1S/C18H19FN2O2/c19-16-7-5-13(6-8-16)11-20-17(22)21-12-18(23)9-14-3-1-2-4-15(14)10-18/h1-8,23H,9-12H2,(H2,20,21,22). The molecule has 1 aliphatic carbocycles. The van der Waals surface area contributed by atoms with Crippen LogP contribution in [0.5, 0.6) is 0 Å². The van der Waals surface area contributed by atoms with E-state index in [1.54, 1.807) is 12.1 Å². The first-order valence-electron chi connectivity index (χ1n) is 7.59. The Bertz CT molecular complexity index is 675. The molecule has 0 spiro atoms. The average Bonchev–Trinajstić information content (AvgIpc) is 2.89. The van der Waals surface area contributed by atoms with Crippen molar-refractivity contribution in [3.8, 4) is 0 Å². The van der Waals surface area contributed by atoms with E-state index in [0.29, 0.717) is 19.4 Å². The number of benzene rings is 2. The van der Waals surface area contributed by atoms with Crippen molar-refractivity contribution < 1.29 is 14.3 Å². The minimum atomic E-state index is -0.934. The van der Waals surface area contributed by atoms with Crippen molar-refractivity contribution in [1.29, 1.82) is 0 Å². The van der Waals surface area contributed by atoms with E-state index in [9.17, 15) is 14.3 Å². The molecule has 5 heteroatoms. The molecule has 23 heavy (non-hydrogen) atoms. The van der Waals surface area contributed by atoms with Gasteiger partial charge in [-0.3, -0.25) is 0 Å². The maximum atomic E-state index is 12.8. The van der Waals surface area contributed by atoms with Crippen molar-refractivity contribution in [2.45, 2.75) is 25.0 Å². The van der Waals surface area contributed by atoms with Crippen LogP contribution in [0.25, 0.3) is 0 Å². The van der Waals surface area contributed by atoms with Crippen molar-refractivity contribution in [3.63, 3.8) is 0 Å². The summed E-state index contributed by atoms with van der Waals surface area (Å²) in [6.45, 7) is 0.502. The first-order valence-corrected chi connectivity index (χ1v) is 7.59. The lowest BCUT2D eigenvalue weighted by Gasteiger charge is -2.22. The maximum absolute atomic E-state index is 12.8. The van der Waals surface area contributed by atoms with Crippen LogP contribution in [-0.4, -0.2) is 23.3 Å². The van der Waals surface area contributed by atoms with Gasteiger partial charge in [0, 0.05) is 25.9 Å². The Hall–Kier alpha value is -2.40. The number of fused-ring (bicyclic) bond motifs is 1. The Labute approximate surface area is 134 Å². The van der Waals surface area contributed by atoms with E-state index in [1.807, 2.05) is 24.3 Å². The van der Waals surface area contributed by atoms with Crippen LogP contribution in [0.15, 0.2) is 48.5 Å². The second-order valence-electron chi connectivity index (χ2n) is 6.01. The molecule has 3 rings (SSSR count). The molecule has 0 aromatic heterocycles. The van der Waals surface area contributed by atoms with Gasteiger partial charge >= 0.3 is 6.03 Å². The third-order valence-corrected chi connectivity index (χ3v) is 4.10. The Morgan fingerprint density at radius 3 is 2.26 bits per heavy atom. The van der Waals surface area contributed by atoms with Crippen LogP contribution in [0.3, 0.4) is 0 Å². The van der Waals surface area contributed by atoms with Gasteiger partial charge in [0.2, 0.25) is 0 Å². The highest BCUT2D eigenvalue weighted by Gasteiger charge is 2.35. The Kier molecular flexibility index (Phi) is 4.30. The highest BCUT2D eigenvalue weighted by molar-refractivity contribution is 5.73. The third-order valence-electron chi connectivity index (χ3n) is 4.10. The predicted molar refractivity (Wildman–Crippen MR) is 85.4 cm³/mol. The van der Waals surface area contributed by atoms with E-state index in [4.69, 9.17) is 0 Å². The summed E-state index contributed by atoms with van der Waals surface area (Å²) < 4.78 is 12.8. The van der Waals surface area contributed by atoms with Gasteiger partial charge in [-0.15, -0.1) is 0 Å². The Balaban J connectivity index is 1.47. The molecule has 2 aromatic rings. The van der Waals surface area contributed by atoms with E-state index in [-0.39, 0.29) is 18.4 Å². The number of carbonyl (C=O) groups is 1. The van der Waals surface area contributed by atoms with Crippen LogP contribution in [-0.2, 0) is 19.4 Å². The molecule has 3 N–H and O–H groups in total. The van der Waals surface area contributed by atoms with Gasteiger partial charge in [-0.05, 0) is 28.8 Å². The summed E-state index contributed by atoms with van der Waals surface area (Å²) in [5, 5.41) is 16.0. The van der Waals surface area contributed by atoms with E-state index >= 15 is 0 Å².